The normalized spacial score (nSPS) is 10.3. The van der Waals surface area contributed by atoms with Crippen molar-refractivity contribution >= 4 is 7.82 Å². The summed E-state index contributed by atoms with van der Waals surface area (Å²) in [5.41, 5.74) is 0. The van der Waals surface area contributed by atoms with E-state index < -0.39 is 12.9 Å². The highest BCUT2D eigenvalue weighted by Crippen LogP contribution is 2.48. The number of rotatable bonds is 6. The average molecular weight is 245 g/mol. The van der Waals surface area contributed by atoms with E-state index in [1.54, 1.807) is 20.8 Å². The fourth-order valence-corrected chi connectivity index (χ4v) is 1.76. The van der Waals surface area contributed by atoms with Crippen LogP contribution in [0.3, 0.4) is 0 Å². The number of hydrogen-bond acceptors (Lipinski definition) is 6. The fourth-order valence-electron chi connectivity index (χ4n) is 0.586. The molecule has 0 aromatic carbocycles. The van der Waals surface area contributed by atoms with Crippen molar-refractivity contribution in [1.82, 2.24) is 0 Å². The van der Waals surface area contributed by atoms with E-state index >= 15 is 0 Å². The zero-order valence-electron chi connectivity index (χ0n) is 8.91. The van der Waals surface area contributed by atoms with E-state index in [0.717, 1.165) is 0 Å². The van der Waals surface area contributed by atoms with Gasteiger partial charge in [-0.2, -0.15) is 0 Å². The number of nitrogens with zero attached hydrogens (tertiary/aromatic N) is 1. The lowest BCUT2D eigenvalue weighted by Crippen LogP contribution is -1.99. The Bertz CT molecular complexity index is 182. The molecule has 92 valence electrons. The lowest BCUT2D eigenvalue weighted by atomic mass is 10.9. The molecule has 0 amide bonds. The van der Waals surface area contributed by atoms with Crippen LogP contribution in [-0.4, -0.2) is 30.1 Å². The van der Waals surface area contributed by atoms with Gasteiger partial charge in [0.15, 0.2) is 0 Å². The van der Waals surface area contributed by atoms with Crippen LogP contribution < -0.4 is 0 Å². The molecule has 0 radical (unpaired) electrons. The summed E-state index contributed by atoms with van der Waals surface area (Å²) in [5, 5.41) is 13.6. The minimum absolute atomic E-state index is 0.331. The van der Waals surface area contributed by atoms with Gasteiger partial charge in [-0.3, -0.25) is 13.6 Å². The summed E-state index contributed by atoms with van der Waals surface area (Å²) >= 11 is 0. The Hall–Kier alpha value is -0.690. The van der Waals surface area contributed by atoms with Crippen LogP contribution in [-0.2, 0) is 18.1 Å². The van der Waals surface area contributed by atoms with E-state index in [0.29, 0.717) is 19.8 Å². The summed E-state index contributed by atoms with van der Waals surface area (Å²) < 4.78 is 25.8. The first-order chi connectivity index (χ1) is 6.91. The maximum absolute atomic E-state index is 11.3. The quantitative estimate of drug-likeness (QED) is 0.432. The Labute approximate surface area is 87.9 Å². The molecule has 9 heteroatoms. The van der Waals surface area contributed by atoms with E-state index in [2.05, 4.69) is 0 Å². The minimum Gasteiger partial charge on any atom is -0.328 e. The highest BCUT2D eigenvalue weighted by atomic mass is 31.2. The molecule has 0 aliphatic rings. The molecule has 0 aromatic rings. The van der Waals surface area contributed by atoms with Crippen LogP contribution in [0.25, 0.3) is 0 Å². The predicted molar refractivity (Wildman–Crippen MR) is 51.3 cm³/mol. The van der Waals surface area contributed by atoms with Crippen LogP contribution in [0, 0.1) is 10.1 Å². The summed E-state index contributed by atoms with van der Waals surface area (Å²) in [6.07, 6.45) is 0. The van der Waals surface area contributed by atoms with Crippen molar-refractivity contribution in [3.8, 4) is 0 Å². The number of hydrogen-bond donors (Lipinski definition) is 1. The van der Waals surface area contributed by atoms with Gasteiger partial charge in [-0.15, -0.1) is 10.1 Å². The Kier molecular flexibility index (Phi) is 11.0. The van der Waals surface area contributed by atoms with E-state index in [4.69, 9.17) is 28.9 Å². The smallest absolute Gasteiger partial charge is 0.328 e. The van der Waals surface area contributed by atoms with Crippen molar-refractivity contribution in [2.45, 2.75) is 20.8 Å². The Morgan fingerprint density at radius 2 is 1.33 bits per heavy atom. The highest BCUT2D eigenvalue weighted by molar-refractivity contribution is 7.48. The summed E-state index contributed by atoms with van der Waals surface area (Å²) in [6.45, 7) is 6.21. The second-order valence-corrected chi connectivity index (χ2v) is 3.61. The van der Waals surface area contributed by atoms with E-state index in [-0.39, 0.29) is 0 Å². The van der Waals surface area contributed by atoms with Gasteiger partial charge < -0.3 is 5.21 Å². The minimum atomic E-state index is -3.22. The Morgan fingerprint density at radius 3 is 1.47 bits per heavy atom. The molecule has 0 saturated heterocycles. The van der Waals surface area contributed by atoms with Crippen LogP contribution in [0.4, 0.5) is 0 Å². The van der Waals surface area contributed by atoms with Crippen LogP contribution >= 0.6 is 7.82 Å². The number of phosphoric acid groups is 1. The summed E-state index contributed by atoms with van der Waals surface area (Å²) in [6, 6.07) is 0. The van der Waals surface area contributed by atoms with Gasteiger partial charge in [0.2, 0.25) is 0 Å². The molecule has 8 nitrogen and oxygen atoms in total. The molecule has 0 fully saturated rings. The number of phosphoric ester groups is 1. The zero-order chi connectivity index (χ0) is 12.3. The first kappa shape index (κ1) is 16.7. The standard InChI is InChI=1S/C6H15O4P.HNO3/c1-4-8-11(7,9-5-2)10-6-3;2-1(3)4/h4-6H2,1-3H3;(H,2,3,4). The fraction of sp³-hybridized carbons (Fsp3) is 1.00. The average Bonchev–Trinajstić information content (AvgIpc) is 2.03. The van der Waals surface area contributed by atoms with Crippen LogP contribution in [0.1, 0.15) is 20.8 Å². The lowest BCUT2D eigenvalue weighted by Gasteiger charge is -2.14. The molecular weight excluding hydrogens is 229 g/mol. The van der Waals surface area contributed by atoms with Crippen molar-refractivity contribution in [2.24, 2.45) is 0 Å². The van der Waals surface area contributed by atoms with Crippen LogP contribution in [0.5, 0.6) is 0 Å². The summed E-state index contributed by atoms with van der Waals surface area (Å²) in [5.74, 6) is 0. The molecule has 0 spiro atoms. The molecule has 0 saturated carbocycles. The molecule has 0 aromatic heterocycles. The van der Waals surface area contributed by atoms with E-state index in [1.807, 2.05) is 0 Å². The van der Waals surface area contributed by atoms with Gasteiger partial charge >= 0.3 is 7.82 Å². The van der Waals surface area contributed by atoms with Gasteiger partial charge in [0.25, 0.3) is 5.09 Å². The molecular formula is C6H16NO7P. The molecule has 0 bridgehead atoms. The highest BCUT2D eigenvalue weighted by Gasteiger charge is 2.23. The maximum Gasteiger partial charge on any atom is 0.474 e. The second-order valence-electron chi connectivity index (χ2n) is 1.94. The van der Waals surface area contributed by atoms with Crippen LogP contribution in [0.2, 0.25) is 0 Å². The van der Waals surface area contributed by atoms with Gasteiger partial charge in [-0.25, -0.2) is 4.57 Å². The van der Waals surface area contributed by atoms with Gasteiger partial charge in [-0.1, -0.05) is 0 Å². The summed E-state index contributed by atoms with van der Waals surface area (Å²) in [7, 11) is -3.22. The van der Waals surface area contributed by atoms with Crippen molar-refractivity contribution < 1.29 is 28.4 Å². The first-order valence-electron chi connectivity index (χ1n) is 4.28. The van der Waals surface area contributed by atoms with E-state index in [9.17, 15) is 4.57 Å². The predicted octanol–water partition coefficient (Wildman–Crippen LogP) is 1.86. The summed E-state index contributed by atoms with van der Waals surface area (Å²) in [4.78, 5) is 8.36. The third-order valence-corrected chi connectivity index (χ3v) is 2.58. The SMILES string of the molecule is CCOP(=O)(OCC)OCC.O=[N+]([O-])O. The van der Waals surface area contributed by atoms with Gasteiger partial charge in [-0.05, 0) is 20.8 Å². The topological polar surface area (TPSA) is 108 Å². The third kappa shape index (κ3) is 13.3. The zero-order valence-corrected chi connectivity index (χ0v) is 9.81. The monoisotopic (exact) mass is 245 g/mol. The maximum atomic E-state index is 11.3. The van der Waals surface area contributed by atoms with Gasteiger partial charge in [0.1, 0.15) is 0 Å². The van der Waals surface area contributed by atoms with E-state index in [1.165, 1.54) is 0 Å². The largest absolute Gasteiger partial charge is 0.474 e. The molecule has 0 rings (SSSR count). The molecule has 0 heterocycles. The first-order valence-corrected chi connectivity index (χ1v) is 5.74. The van der Waals surface area contributed by atoms with Gasteiger partial charge in [0.05, 0.1) is 19.8 Å². The van der Waals surface area contributed by atoms with Crippen molar-refractivity contribution in [3.63, 3.8) is 0 Å². The molecule has 1 N–H and O–H groups in total. The molecule has 0 aliphatic heterocycles. The molecule has 0 atom stereocenters. The van der Waals surface area contributed by atoms with Crippen molar-refractivity contribution in [3.05, 3.63) is 10.1 Å². The van der Waals surface area contributed by atoms with Gasteiger partial charge in [0, 0.05) is 0 Å². The Balaban J connectivity index is 0. The molecule has 15 heavy (non-hydrogen) atoms. The lowest BCUT2D eigenvalue weighted by molar-refractivity contribution is -0.742. The second kappa shape index (κ2) is 9.85. The Morgan fingerprint density at radius 1 is 1.13 bits per heavy atom. The molecule has 0 unspecified atom stereocenters. The van der Waals surface area contributed by atoms with Crippen molar-refractivity contribution in [1.29, 1.82) is 0 Å². The molecule has 0 aliphatic carbocycles. The van der Waals surface area contributed by atoms with Crippen LogP contribution in [0.15, 0.2) is 0 Å². The third-order valence-electron chi connectivity index (χ3n) is 0.862. The van der Waals surface area contributed by atoms with Crippen molar-refractivity contribution in [2.75, 3.05) is 19.8 Å².